The lowest BCUT2D eigenvalue weighted by Gasteiger charge is -2.18. The minimum Gasteiger partial charge on any atom is -0.340 e. The summed E-state index contributed by atoms with van der Waals surface area (Å²) in [5.41, 5.74) is 2.28. The molecule has 1 aliphatic heterocycles. The fourth-order valence-corrected chi connectivity index (χ4v) is 3.54. The largest absolute Gasteiger partial charge is 0.340 e. The number of aryl methyl sites for hydroxylation is 1. The van der Waals surface area contributed by atoms with Crippen LogP contribution in [-0.4, -0.2) is 28.9 Å². The number of amides is 1. The summed E-state index contributed by atoms with van der Waals surface area (Å²) in [6.45, 7) is 3.60. The van der Waals surface area contributed by atoms with Crippen molar-refractivity contribution in [3.63, 3.8) is 0 Å². The highest BCUT2D eigenvalue weighted by Gasteiger charge is 2.23. The zero-order chi connectivity index (χ0) is 18.1. The molecule has 0 spiro atoms. The quantitative estimate of drug-likeness (QED) is 0.748. The zero-order valence-electron chi connectivity index (χ0n) is 14.6. The SMILES string of the molecule is Cc1cccc2c(Nc3cccc(F)c3)ncc(C(=O)N3CCCC3)c12. The number of hydrogen-bond donors (Lipinski definition) is 1. The lowest BCUT2D eigenvalue weighted by Crippen LogP contribution is -2.28. The molecular weight excluding hydrogens is 329 g/mol. The first-order chi connectivity index (χ1) is 12.6. The van der Waals surface area contributed by atoms with E-state index in [4.69, 9.17) is 0 Å². The predicted molar refractivity (Wildman–Crippen MR) is 101 cm³/mol. The average molecular weight is 349 g/mol. The molecule has 1 amide bonds. The van der Waals surface area contributed by atoms with E-state index in [9.17, 15) is 9.18 Å². The van der Waals surface area contributed by atoms with Crippen LogP contribution in [-0.2, 0) is 0 Å². The molecular formula is C21H20FN3O. The van der Waals surface area contributed by atoms with Gasteiger partial charge in [0.25, 0.3) is 5.91 Å². The summed E-state index contributed by atoms with van der Waals surface area (Å²) in [5, 5.41) is 4.94. The Bertz CT molecular complexity index is 980. The number of hydrogen-bond acceptors (Lipinski definition) is 3. The molecule has 132 valence electrons. The average Bonchev–Trinajstić information content (AvgIpc) is 3.17. The molecule has 1 aromatic heterocycles. The Morgan fingerprint density at radius 2 is 1.92 bits per heavy atom. The molecule has 26 heavy (non-hydrogen) atoms. The molecule has 1 fully saturated rings. The predicted octanol–water partition coefficient (Wildman–Crippen LogP) is 4.66. The molecule has 1 aliphatic rings. The maximum absolute atomic E-state index is 13.5. The number of carbonyl (C=O) groups excluding carboxylic acids is 1. The van der Waals surface area contributed by atoms with Crippen LogP contribution in [0.2, 0.25) is 0 Å². The van der Waals surface area contributed by atoms with Crippen molar-refractivity contribution in [2.24, 2.45) is 0 Å². The van der Waals surface area contributed by atoms with E-state index >= 15 is 0 Å². The van der Waals surface area contributed by atoms with Gasteiger partial charge in [0.15, 0.2) is 0 Å². The van der Waals surface area contributed by atoms with Gasteiger partial charge in [0, 0.05) is 35.7 Å². The Morgan fingerprint density at radius 3 is 2.69 bits per heavy atom. The number of fused-ring (bicyclic) bond motifs is 1. The molecule has 2 aromatic carbocycles. The van der Waals surface area contributed by atoms with Gasteiger partial charge in [-0.2, -0.15) is 0 Å². The molecule has 3 aromatic rings. The van der Waals surface area contributed by atoms with Crippen molar-refractivity contribution >= 4 is 28.2 Å². The fourth-order valence-electron chi connectivity index (χ4n) is 3.54. The number of nitrogens with one attached hydrogen (secondary N) is 1. The van der Waals surface area contributed by atoms with Crippen LogP contribution in [0.4, 0.5) is 15.9 Å². The first kappa shape index (κ1) is 16.5. The number of nitrogens with zero attached hydrogens (tertiary/aromatic N) is 2. The van der Waals surface area contributed by atoms with E-state index in [2.05, 4.69) is 10.3 Å². The number of likely N-dealkylation sites (tertiary alicyclic amines) is 1. The molecule has 0 unspecified atom stereocenters. The van der Waals surface area contributed by atoms with Crippen molar-refractivity contribution in [3.05, 3.63) is 65.6 Å². The number of pyridine rings is 1. The van der Waals surface area contributed by atoms with Crippen LogP contribution in [0.1, 0.15) is 28.8 Å². The summed E-state index contributed by atoms with van der Waals surface area (Å²) in [6.07, 6.45) is 3.74. The molecule has 0 saturated carbocycles. The van der Waals surface area contributed by atoms with Crippen molar-refractivity contribution in [3.8, 4) is 0 Å². The Labute approximate surface area is 151 Å². The van der Waals surface area contributed by atoms with Crippen LogP contribution >= 0.6 is 0 Å². The number of halogens is 1. The molecule has 0 atom stereocenters. The highest BCUT2D eigenvalue weighted by Crippen LogP contribution is 2.30. The summed E-state index contributed by atoms with van der Waals surface area (Å²) in [7, 11) is 0. The molecule has 0 radical (unpaired) electrons. The van der Waals surface area contributed by atoms with E-state index in [-0.39, 0.29) is 11.7 Å². The highest BCUT2D eigenvalue weighted by molar-refractivity contribution is 6.10. The second-order valence-corrected chi connectivity index (χ2v) is 6.65. The minimum absolute atomic E-state index is 0.0339. The van der Waals surface area contributed by atoms with Gasteiger partial charge in [0.2, 0.25) is 0 Å². The highest BCUT2D eigenvalue weighted by atomic mass is 19.1. The van der Waals surface area contributed by atoms with Crippen LogP contribution < -0.4 is 5.32 Å². The van der Waals surface area contributed by atoms with Gasteiger partial charge in [-0.25, -0.2) is 9.37 Å². The third kappa shape index (κ3) is 3.01. The van der Waals surface area contributed by atoms with Crippen molar-refractivity contribution in [1.29, 1.82) is 0 Å². The van der Waals surface area contributed by atoms with Gasteiger partial charge in [-0.3, -0.25) is 4.79 Å². The lowest BCUT2D eigenvalue weighted by molar-refractivity contribution is 0.0794. The second kappa shape index (κ2) is 6.75. The van der Waals surface area contributed by atoms with Crippen molar-refractivity contribution in [2.45, 2.75) is 19.8 Å². The van der Waals surface area contributed by atoms with Gasteiger partial charge in [-0.05, 0) is 43.5 Å². The summed E-state index contributed by atoms with van der Waals surface area (Å²) < 4.78 is 13.5. The third-order valence-electron chi connectivity index (χ3n) is 4.83. The summed E-state index contributed by atoms with van der Waals surface area (Å²) >= 11 is 0. The molecule has 4 nitrogen and oxygen atoms in total. The maximum Gasteiger partial charge on any atom is 0.256 e. The van der Waals surface area contributed by atoms with Gasteiger partial charge >= 0.3 is 0 Å². The summed E-state index contributed by atoms with van der Waals surface area (Å²) in [4.78, 5) is 19.3. The van der Waals surface area contributed by atoms with Crippen LogP contribution in [0, 0.1) is 12.7 Å². The number of carbonyl (C=O) groups is 1. The summed E-state index contributed by atoms with van der Waals surface area (Å²) in [6, 6.07) is 12.1. The number of anilines is 2. The van der Waals surface area contributed by atoms with Gasteiger partial charge in [-0.1, -0.05) is 24.3 Å². The van der Waals surface area contributed by atoms with Crippen LogP contribution in [0.15, 0.2) is 48.7 Å². The van der Waals surface area contributed by atoms with E-state index in [1.54, 1.807) is 18.3 Å². The first-order valence-electron chi connectivity index (χ1n) is 8.84. The maximum atomic E-state index is 13.5. The van der Waals surface area contributed by atoms with E-state index in [0.717, 1.165) is 42.3 Å². The molecule has 4 rings (SSSR count). The zero-order valence-corrected chi connectivity index (χ0v) is 14.6. The van der Waals surface area contributed by atoms with E-state index < -0.39 is 0 Å². The molecule has 2 heterocycles. The Hall–Kier alpha value is -2.95. The fraction of sp³-hybridized carbons (Fsp3) is 0.238. The Kier molecular flexibility index (Phi) is 4.29. The minimum atomic E-state index is -0.309. The van der Waals surface area contributed by atoms with Gasteiger partial charge in [0.1, 0.15) is 11.6 Å². The summed E-state index contributed by atoms with van der Waals surface area (Å²) in [5.74, 6) is 0.343. The van der Waals surface area contributed by atoms with E-state index in [1.807, 2.05) is 30.0 Å². The Morgan fingerprint density at radius 1 is 1.15 bits per heavy atom. The second-order valence-electron chi connectivity index (χ2n) is 6.65. The van der Waals surface area contributed by atoms with Crippen LogP contribution in [0.3, 0.4) is 0 Å². The number of rotatable bonds is 3. The first-order valence-corrected chi connectivity index (χ1v) is 8.84. The van der Waals surface area contributed by atoms with E-state index in [0.29, 0.717) is 17.1 Å². The Balaban J connectivity index is 1.80. The smallest absolute Gasteiger partial charge is 0.256 e. The molecule has 1 N–H and O–H groups in total. The number of benzene rings is 2. The van der Waals surface area contributed by atoms with Crippen LogP contribution in [0.5, 0.6) is 0 Å². The lowest BCUT2D eigenvalue weighted by atomic mass is 10.0. The van der Waals surface area contributed by atoms with Crippen LogP contribution in [0.25, 0.3) is 10.8 Å². The van der Waals surface area contributed by atoms with Gasteiger partial charge < -0.3 is 10.2 Å². The van der Waals surface area contributed by atoms with Gasteiger partial charge in [0.05, 0.1) is 5.56 Å². The van der Waals surface area contributed by atoms with Crippen molar-refractivity contribution < 1.29 is 9.18 Å². The standard InChI is InChI=1S/C21H20FN3O/c1-14-6-4-9-17-19(14)18(21(26)25-10-2-3-11-25)13-23-20(17)24-16-8-5-7-15(22)12-16/h4-9,12-13H,2-3,10-11H2,1H3,(H,23,24). The molecule has 0 bridgehead atoms. The van der Waals surface area contributed by atoms with Crippen molar-refractivity contribution in [2.75, 3.05) is 18.4 Å². The topological polar surface area (TPSA) is 45.2 Å². The van der Waals surface area contributed by atoms with E-state index in [1.165, 1.54) is 12.1 Å². The number of aromatic nitrogens is 1. The third-order valence-corrected chi connectivity index (χ3v) is 4.83. The molecule has 1 saturated heterocycles. The molecule has 5 heteroatoms. The van der Waals surface area contributed by atoms with Gasteiger partial charge in [-0.15, -0.1) is 0 Å². The van der Waals surface area contributed by atoms with Crippen molar-refractivity contribution in [1.82, 2.24) is 9.88 Å². The normalized spacial score (nSPS) is 14.0. The monoisotopic (exact) mass is 349 g/mol. The molecule has 0 aliphatic carbocycles.